The molecule has 1 atom stereocenters. The number of nitrogens with one attached hydrogen (secondary N) is 1. The molecule has 0 radical (unpaired) electrons. The second kappa shape index (κ2) is 14.1. The summed E-state index contributed by atoms with van der Waals surface area (Å²) in [4.78, 5) is 36.3. The molecular weight excluding hydrogens is 494 g/mol. The SMILES string of the molecule is C.C.C=CC(=O)OCOc1ccc(C(=O)Oc2ccc(C(=O)NC(C)c3cccc4ccccc34)cc2)cc1. The molecule has 202 valence electrons. The zero-order valence-corrected chi connectivity index (χ0v) is 20.2. The molecule has 4 aromatic carbocycles. The Balaban J connectivity index is 0.00000267. The topological polar surface area (TPSA) is 90.9 Å². The maximum Gasteiger partial charge on any atom is 0.343 e. The monoisotopic (exact) mass is 527 g/mol. The smallest absolute Gasteiger partial charge is 0.343 e. The van der Waals surface area contributed by atoms with Gasteiger partial charge in [0.2, 0.25) is 6.79 Å². The number of ether oxygens (including phenoxy) is 3. The van der Waals surface area contributed by atoms with Crippen LogP contribution in [0.25, 0.3) is 10.8 Å². The zero-order chi connectivity index (χ0) is 26.2. The number of carbonyl (C=O) groups is 3. The lowest BCUT2D eigenvalue weighted by Gasteiger charge is -2.17. The number of fused-ring (bicyclic) bond motifs is 1. The molecule has 0 saturated heterocycles. The Morgan fingerprint density at radius 1 is 0.821 bits per heavy atom. The van der Waals surface area contributed by atoms with Gasteiger partial charge < -0.3 is 19.5 Å². The van der Waals surface area contributed by atoms with Gasteiger partial charge in [-0.2, -0.15) is 0 Å². The van der Waals surface area contributed by atoms with Gasteiger partial charge in [0.1, 0.15) is 11.5 Å². The van der Waals surface area contributed by atoms with Gasteiger partial charge in [0, 0.05) is 11.6 Å². The number of hydrogen-bond acceptors (Lipinski definition) is 6. The molecule has 4 aromatic rings. The Hall–Kier alpha value is -4.91. The zero-order valence-electron chi connectivity index (χ0n) is 20.2. The second-order valence-corrected chi connectivity index (χ2v) is 8.13. The van der Waals surface area contributed by atoms with E-state index in [2.05, 4.69) is 11.9 Å². The molecule has 0 aliphatic rings. The van der Waals surface area contributed by atoms with E-state index in [-0.39, 0.29) is 33.6 Å². The standard InChI is InChI=1S/C30H25NO6.2CH4/c1-3-28(32)36-19-35-24-15-13-23(14-16-24)30(34)37-25-17-11-22(12-18-25)29(33)31-20(2)26-10-6-8-21-7-4-5-9-27(21)26;;/h3-18,20H,1,19H2,2H3,(H,31,33);2*1H4. The summed E-state index contributed by atoms with van der Waals surface area (Å²) in [5.41, 5.74) is 1.79. The number of benzene rings is 4. The fraction of sp³-hybridized carbons (Fsp3) is 0.156. The maximum absolute atomic E-state index is 12.8. The first-order chi connectivity index (χ1) is 17.9. The van der Waals surface area contributed by atoms with Gasteiger partial charge in [0.05, 0.1) is 11.6 Å². The molecule has 1 unspecified atom stereocenters. The third kappa shape index (κ3) is 7.79. The number of amides is 1. The minimum Gasteiger partial charge on any atom is -0.457 e. The van der Waals surface area contributed by atoms with Gasteiger partial charge in [0.15, 0.2) is 0 Å². The van der Waals surface area contributed by atoms with Crippen LogP contribution in [0.15, 0.2) is 104 Å². The Kier molecular flexibility index (Phi) is 11.0. The number of hydrogen-bond donors (Lipinski definition) is 1. The van der Waals surface area contributed by atoms with Crippen LogP contribution in [-0.2, 0) is 9.53 Å². The largest absolute Gasteiger partial charge is 0.457 e. The van der Waals surface area contributed by atoms with Gasteiger partial charge >= 0.3 is 11.9 Å². The lowest BCUT2D eigenvalue weighted by molar-refractivity contribution is -0.144. The third-order valence-electron chi connectivity index (χ3n) is 5.65. The molecule has 7 nitrogen and oxygen atoms in total. The average molecular weight is 528 g/mol. The van der Waals surface area contributed by atoms with Crippen LogP contribution < -0.4 is 14.8 Å². The molecular formula is C32H33NO6. The van der Waals surface area contributed by atoms with Crippen LogP contribution in [0.5, 0.6) is 11.5 Å². The fourth-order valence-corrected chi connectivity index (χ4v) is 3.73. The van der Waals surface area contributed by atoms with Crippen LogP contribution in [-0.4, -0.2) is 24.6 Å². The Labute approximate surface area is 229 Å². The van der Waals surface area contributed by atoms with Gasteiger partial charge in [-0.3, -0.25) is 4.79 Å². The van der Waals surface area contributed by atoms with E-state index >= 15 is 0 Å². The highest BCUT2D eigenvalue weighted by atomic mass is 16.7. The highest BCUT2D eigenvalue weighted by Gasteiger charge is 2.15. The quantitative estimate of drug-likeness (QED) is 0.110. The van der Waals surface area contributed by atoms with E-state index in [1.165, 1.54) is 12.1 Å². The summed E-state index contributed by atoms with van der Waals surface area (Å²) in [6, 6.07) is 26.4. The Bertz CT molecular complexity index is 1420. The predicted molar refractivity (Wildman–Crippen MR) is 153 cm³/mol. The fourth-order valence-electron chi connectivity index (χ4n) is 3.73. The van der Waals surface area contributed by atoms with Crippen molar-refractivity contribution in [2.45, 2.75) is 27.8 Å². The molecule has 0 heterocycles. The minimum atomic E-state index is -0.594. The Morgan fingerprint density at radius 3 is 2.13 bits per heavy atom. The number of rotatable bonds is 9. The lowest BCUT2D eigenvalue weighted by atomic mass is 9.99. The first-order valence-electron chi connectivity index (χ1n) is 11.6. The summed E-state index contributed by atoms with van der Waals surface area (Å²) in [6.07, 6.45) is 1.04. The number of carbonyl (C=O) groups excluding carboxylic acids is 3. The van der Waals surface area contributed by atoms with Crippen molar-refractivity contribution in [3.05, 3.63) is 120 Å². The number of esters is 2. The van der Waals surface area contributed by atoms with Crippen LogP contribution in [0.4, 0.5) is 0 Å². The molecule has 1 amide bonds. The van der Waals surface area contributed by atoms with Gasteiger partial charge in [-0.25, -0.2) is 9.59 Å². The highest BCUT2D eigenvalue weighted by Crippen LogP contribution is 2.24. The molecule has 0 aliphatic carbocycles. The van der Waals surface area contributed by atoms with E-state index in [4.69, 9.17) is 14.2 Å². The maximum atomic E-state index is 12.8. The van der Waals surface area contributed by atoms with Crippen molar-refractivity contribution < 1.29 is 28.6 Å². The van der Waals surface area contributed by atoms with Gasteiger partial charge in [-0.05, 0) is 71.8 Å². The van der Waals surface area contributed by atoms with E-state index in [0.717, 1.165) is 22.4 Å². The first kappa shape index (κ1) is 30.3. The molecule has 39 heavy (non-hydrogen) atoms. The molecule has 0 aromatic heterocycles. The van der Waals surface area contributed by atoms with Gasteiger partial charge in [-0.15, -0.1) is 0 Å². The van der Waals surface area contributed by atoms with E-state index in [9.17, 15) is 14.4 Å². The van der Waals surface area contributed by atoms with E-state index in [0.29, 0.717) is 22.6 Å². The summed E-state index contributed by atoms with van der Waals surface area (Å²) in [5, 5.41) is 5.24. The van der Waals surface area contributed by atoms with Crippen molar-refractivity contribution in [2.24, 2.45) is 0 Å². The van der Waals surface area contributed by atoms with E-state index < -0.39 is 11.9 Å². The summed E-state index contributed by atoms with van der Waals surface area (Å²) in [7, 11) is 0. The molecule has 0 bridgehead atoms. The molecule has 1 N–H and O–H groups in total. The molecule has 7 heteroatoms. The van der Waals surface area contributed by atoms with E-state index in [1.807, 2.05) is 49.4 Å². The third-order valence-corrected chi connectivity index (χ3v) is 5.65. The Morgan fingerprint density at radius 2 is 1.44 bits per heavy atom. The first-order valence-corrected chi connectivity index (χ1v) is 11.6. The summed E-state index contributed by atoms with van der Waals surface area (Å²) in [5.74, 6) is -0.663. The van der Waals surface area contributed by atoms with Gasteiger partial charge in [-0.1, -0.05) is 63.9 Å². The summed E-state index contributed by atoms with van der Waals surface area (Å²) < 4.78 is 15.4. The lowest BCUT2D eigenvalue weighted by Crippen LogP contribution is -2.26. The predicted octanol–water partition coefficient (Wildman–Crippen LogP) is 6.89. The van der Waals surface area contributed by atoms with Crippen molar-refractivity contribution in [3.8, 4) is 11.5 Å². The van der Waals surface area contributed by atoms with Gasteiger partial charge in [0.25, 0.3) is 5.91 Å². The molecule has 0 fully saturated rings. The summed E-state index contributed by atoms with van der Waals surface area (Å²) >= 11 is 0. The van der Waals surface area contributed by atoms with Crippen LogP contribution in [0.3, 0.4) is 0 Å². The van der Waals surface area contributed by atoms with Crippen LogP contribution in [0.1, 0.15) is 54.1 Å². The highest BCUT2D eigenvalue weighted by molar-refractivity contribution is 5.95. The van der Waals surface area contributed by atoms with Crippen molar-refractivity contribution in [1.82, 2.24) is 5.32 Å². The minimum absolute atomic E-state index is 0. The molecule has 0 spiro atoms. The van der Waals surface area contributed by atoms with Crippen molar-refractivity contribution >= 4 is 28.6 Å². The molecule has 0 aliphatic heterocycles. The normalized spacial score (nSPS) is 10.7. The second-order valence-electron chi connectivity index (χ2n) is 8.13. The molecule has 4 rings (SSSR count). The van der Waals surface area contributed by atoms with Crippen molar-refractivity contribution in [1.29, 1.82) is 0 Å². The average Bonchev–Trinajstić information content (AvgIpc) is 2.93. The van der Waals surface area contributed by atoms with E-state index in [1.54, 1.807) is 36.4 Å². The molecule has 0 saturated carbocycles. The van der Waals surface area contributed by atoms with Crippen LogP contribution in [0.2, 0.25) is 0 Å². The van der Waals surface area contributed by atoms with Crippen LogP contribution >= 0.6 is 0 Å². The van der Waals surface area contributed by atoms with Crippen molar-refractivity contribution in [2.75, 3.05) is 6.79 Å². The van der Waals surface area contributed by atoms with Crippen LogP contribution in [0, 0.1) is 0 Å². The van der Waals surface area contributed by atoms with Crippen molar-refractivity contribution in [3.63, 3.8) is 0 Å². The summed E-state index contributed by atoms with van der Waals surface area (Å²) in [6.45, 7) is 4.97.